The summed E-state index contributed by atoms with van der Waals surface area (Å²) in [7, 11) is 0. The number of nitrogen functional groups attached to an aromatic ring is 1. The largest absolute Gasteiger partial charge is 0.399 e. The number of benzene rings is 1. The van der Waals surface area contributed by atoms with E-state index in [0.717, 1.165) is 18.7 Å². The number of hydrogen-bond donors (Lipinski definition) is 2. The van der Waals surface area contributed by atoms with Gasteiger partial charge in [-0.2, -0.15) is 0 Å². The Balaban J connectivity index is 2.70. The summed E-state index contributed by atoms with van der Waals surface area (Å²) in [5.74, 6) is 0.00718. The van der Waals surface area contributed by atoms with Crippen LogP contribution in [0.25, 0.3) is 0 Å². The molecule has 0 spiro atoms. The van der Waals surface area contributed by atoms with Gasteiger partial charge in [-0.05, 0) is 51.9 Å². The lowest BCUT2D eigenvalue weighted by molar-refractivity contribution is -0.121. The molecule has 1 atom stereocenters. The van der Waals surface area contributed by atoms with Crippen molar-refractivity contribution in [3.05, 3.63) is 24.3 Å². The van der Waals surface area contributed by atoms with Crippen molar-refractivity contribution in [2.45, 2.75) is 46.2 Å². The van der Waals surface area contributed by atoms with Crippen molar-refractivity contribution in [3.63, 3.8) is 0 Å². The van der Waals surface area contributed by atoms with Gasteiger partial charge in [0.1, 0.15) is 0 Å². The van der Waals surface area contributed by atoms with E-state index in [2.05, 4.69) is 31.0 Å². The predicted octanol–water partition coefficient (Wildman–Crippen LogP) is 2.72. The molecule has 0 bridgehead atoms. The van der Waals surface area contributed by atoms with Crippen LogP contribution in [0.5, 0.6) is 0 Å². The molecule has 4 heteroatoms. The molecule has 1 aromatic carbocycles. The van der Waals surface area contributed by atoms with E-state index in [1.807, 2.05) is 19.1 Å². The van der Waals surface area contributed by atoms with Crippen LogP contribution >= 0.6 is 0 Å². The normalized spacial score (nSPS) is 12.7. The Kier molecular flexibility index (Phi) is 5.83. The molecule has 1 unspecified atom stereocenters. The van der Waals surface area contributed by atoms with E-state index >= 15 is 0 Å². The molecule has 19 heavy (non-hydrogen) atoms. The standard InChI is InChI=1S/C15H25N3O/c1-5-9-18(11(2)3)12(4)15(19)17-14-8-6-7-13(16)10-14/h6-8,10-12H,5,9,16H2,1-4H3,(H,17,19). The van der Waals surface area contributed by atoms with E-state index in [1.54, 1.807) is 12.1 Å². The summed E-state index contributed by atoms with van der Waals surface area (Å²) in [6.45, 7) is 9.21. The zero-order valence-electron chi connectivity index (χ0n) is 12.3. The number of nitrogens with one attached hydrogen (secondary N) is 1. The average Bonchev–Trinajstić information content (AvgIpc) is 2.34. The van der Waals surface area contributed by atoms with Crippen LogP contribution in [0.3, 0.4) is 0 Å². The Bertz CT molecular complexity index is 418. The van der Waals surface area contributed by atoms with Crippen molar-refractivity contribution in [2.24, 2.45) is 0 Å². The molecule has 0 aliphatic heterocycles. The molecule has 0 radical (unpaired) electrons. The van der Waals surface area contributed by atoms with Gasteiger partial charge in [0.15, 0.2) is 0 Å². The second-order valence-electron chi connectivity index (χ2n) is 5.12. The molecule has 1 amide bonds. The van der Waals surface area contributed by atoms with E-state index in [4.69, 9.17) is 5.73 Å². The third-order valence-electron chi connectivity index (χ3n) is 3.18. The highest BCUT2D eigenvalue weighted by atomic mass is 16.2. The van der Waals surface area contributed by atoms with Crippen molar-refractivity contribution >= 4 is 17.3 Å². The smallest absolute Gasteiger partial charge is 0.241 e. The van der Waals surface area contributed by atoms with Gasteiger partial charge in [-0.3, -0.25) is 9.69 Å². The summed E-state index contributed by atoms with van der Waals surface area (Å²) >= 11 is 0. The van der Waals surface area contributed by atoms with E-state index in [9.17, 15) is 4.79 Å². The van der Waals surface area contributed by atoms with E-state index in [0.29, 0.717) is 11.7 Å². The van der Waals surface area contributed by atoms with Crippen LogP contribution in [-0.2, 0) is 4.79 Å². The van der Waals surface area contributed by atoms with Crippen LogP contribution in [-0.4, -0.2) is 29.4 Å². The number of anilines is 2. The molecule has 1 rings (SSSR count). The molecular formula is C15H25N3O. The number of carbonyl (C=O) groups is 1. The van der Waals surface area contributed by atoms with Crippen LogP contribution in [0.1, 0.15) is 34.1 Å². The first-order valence-electron chi connectivity index (χ1n) is 6.87. The third-order valence-corrected chi connectivity index (χ3v) is 3.18. The lowest BCUT2D eigenvalue weighted by atomic mass is 10.2. The SMILES string of the molecule is CCCN(C(C)C)C(C)C(=O)Nc1cccc(N)c1. The highest BCUT2D eigenvalue weighted by molar-refractivity contribution is 5.94. The van der Waals surface area contributed by atoms with E-state index in [1.165, 1.54) is 0 Å². The zero-order valence-corrected chi connectivity index (χ0v) is 12.3. The minimum Gasteiger partial charge on any atom is -0.399 e. The maximum atomic E-state index is 12.3. The summed E-state index contributed by atoms with van der Waals surface area (Å²) in [6, 6.07) is 7.45. The van der Waals surface area contributed by atoms with Gasteiger partial charge in [0.25, 0.3) is 0 Å². The molecule has 0 aliphatic rings. The first-order chi connectivity index (χ1) is 8.95. The molecule has 1 aromatic rings. The van der Waals surface area contributed by atoms with Gasteiger partial charge in [-0.25, -0.2) is 0 Å². The van der Waals surface area contributed by atoms with E-state index < -0.39 is 0 Å². The fourth-order valence-electron chi connectivity index (χ4n) is 2.17. The predicted molar refractivity (Wildman–Crippen MR) is 81.1 cm³/mol. The maximum absolute atomic E-state index is 12.3. The van der Waals surface area contributed by atoms with Crippen molar-refractivity contribution < 1.29 is 4.79 Å². The summed E-state index contributed by atoms with van der Waals surface area (Å²) < 4.78 is 0. The number of rotatable bonds is 6. The number of nitrogens with zero attached hydrogens (tertiary/aromatic N) is 1. The Morgan fingerprint density at radius 1 is 1.37 bits per heavy atom. The van der Waals surface area contributed by atoms with Crippen LogP contribution in [0.4, 0.5) is 11.4 Å². The second kappa shape index (κ2) is 7.14. The Morgan fingerprint density at radius 2 is 2.05 bits per heavy atom. The van der Waals surface area contributed by atoms with Crippen molar-refractivity contribution in [2.75, 3.05) is 17.6 Å². The van der Waals surface area contributed by atoms with Crippen LogP contribution in [0.2, 0.25) is 0 Å². The maximum Gasteiger partial charge on any atom is 0.241 e. The third kappa shape index (κ3) is 4.56. The van der Waals surface area contributed by atoms with Crippen molar-refractivity contribution in [3.8, 4) is 0 Å². The lowest BCUT2D eigenvalue weighted by Crippen LogP contribution is -2.46. The number of nitrogens with two attached hydrogens (primary N) is 1. The summed E-state index contributed by atoms with van der Waals surface area (Å²) in [5, 5.41) is 2.92. The number of carbonyl (C=O) groups excluding carboxylic acids is 1. The van der Waals surface area contributed by atoms with Gasteiger partial charge in [-0.1, -0.05) is 13.0 Å². The Morgan fingerprint density at radius 3 is 2.58 bits per heavy atom. The molecule has 3 N–H and O–H groups in total. The number of amides is 1. The lowest BCUT2D eigenvalue weighted by Gasteiger charge is -2.31. The molecular weight excluding hydrogens is 238 g/mol. The summed E-state index contributed by atoms with van der Waals surface area (Å²) in [4.78, 5) is 14.4. The zero-order chi connectivity index (χ0) is 14.4. The van der Waals surface area contributed by atoms with Gasteiger partial charge in [0.2, 0.25) is 5.91 Å². The second-order valence-corrected chi connectivity index (χ2v) is 5.12. The Hall–Kier alpha value is -1.55. The fourth-order valence-corrected chi connectivity index (χ4v) is 2.17. The monoisotopic (exact) mass is 263 g/mol. The van der Waals surface area contributed by atoms with Crippen molar-refractivity contribution in [1.82, 2.24) is 4.90 Å². The molecule has 0 saturated heterocycles. The first kappa shape index (κ1) is 15.5. The summed E-state index contributed by atoms with van der Waals surface area (Å²) in [5.41, 5.74) is 7.10. The fraction of sp³-hybridized carbons (Fsp3) is 0.533. The first-order valence-corrected chi connectivity index (χ1v) is 6.87. The van der Waals surface area contributed by atoms with Gasteiger partial charge < -0.3 is 11.1 Å². The molecule has 4 nitrogen and oxygen atoms in total. The van der Waals surface area contributed by atoms with Gasteiger partial charge in [-0.15, -0.1) is 0 Å². The number of hydrogen-bond acceptors (Lipinski definition) is 3. The quantitative estimate of drug-likeness (QED) is 0.776. The topological polar surface area (TPSA) is 58.4 Å². The molecule has 0 fully saturated rings. The van der Waals surface area contributed by atoms with E-state index in [-0.39, 0.29) is 11.9 Å². The van der Waals surface area contributed by atoms with Crippen molar-refractivity contribution in [1.29, 1.82) is 0 Å². The van der Waals surface area contributed by atoms with Crippen LogP contribution in [0, 0.1) is 0 Å². The molecule has 0 aliphatic carbocycles. The van der Waals surface area contributed by atoms with Crippen LogP contribution in [0.15, 0.2) is 24.3 Å². The summed E-state index contributed by atoms with van der Waals surface area (Å²) in [6.07, 6.45) is 1.04. The molecule has 0 heterocycles. The highest BCUT2D eigenvalue weighted by Gasteiger charge is 2.22. The highest BCUT2D eigenvalue weighted by Crippen LogP contribution is 2.14. The molecule has 0 aromatic heterocycles. The molecule has 0 saturated carbocycles. The molecule has 106 valence electrons. The Labute approximate surface area is 116 Å². The van der Waals surface area contributed by atoms with Gasteiger partial charge >= 0.3 is 0 Å². The van der Waals surface area contributed by atoms with Gasteiger partial charge in [0.05, 0.1) is 6.04 Å². The minimum absolute atomic E-state index is 0.00718. The average molecular weight is 263 g/mol. The minimum atomic E-state index is -0.151. The van der Waals surface area contributed by atoms with Crippen LogP contribution < -0.4 is 11.1 Å². The van der Waals surface area contributed by atoms with Gasteiger partial charge in [0, 0.05) is 17.4 Å².